The Morgan fingerprint density at radius 3 is 2.55 bits per heavy atom. The van der Waals surface area contributed by atoms with Gasteiger partial charge in [0.1, 0.15) is 11.8 Å². The molecule has 1 amide bonds. The normalized spacial score (nSPS) is 11.6. The Bertz CT molecular complexity index is 501. The molecule has 0 saturated carbocycles. The summed E-state index contributed by atoms with van der Waals surface area (Å²) in [5.74, 6) is 0.0690. The topological polar surface area (TPSA) is 55.8 Å². The summed E-state index contributed by atoms with van der Waals surface area (Å²) < 4.78 is 10.5. The first-order chi connectivity index (χ1) is 10.5. The first-order valence-corrected chi connectivity index (χ1v) is 7.65. The van der Waals surface area contributed by atoms with Crippen LogP contribution >= 0.6 is 0 Å². The van der Waals surface area contributed by atoms with Gasteiger partial charge >= 0.3 is 5.97 Å². The van der Waals surface area contributed by atoms with E-state index in [2.05, 4.69) is 0 Å². The molecule has 5 nitrogen and oxygen atoms in total. The summed E-state index contributed by atoms with van der Waals surface area (Å²) in [6.45, 7) is 5.72. The fourth-order valence-electron chi connectivity index (χ4n) is 2.21. The van der Waals surface area contributed by atoms with E-state index in [0.29, 0.717) is 24.5 Å². The molecular formula is C17H25NO4. The number of methoxy groups -OCH3 is 1. The molecule has 0 aliphatic heterocycles. The van der Waals surface area contributed by atoms with Gasteiger partial charge in [-0.05, 0) is 25.0 Å². The smallest absolute Gasteiger partial charge is 0.329 e. The van der Waals surface area contributed by atoms with Gasteiger partial charge in [-0.3, -0.25) is 9.69 Å². The standard InChI is InChI=1S/C17H25NO4/c1-5-7-11-22-17(20)16(6-2)18(13(3)19)14-9-8-10-15(12-14)21-4/h8-10,12,16H,5-7,11H2,1-4H3. The van der Waals surface area contributed by atoms with E-state index in [0.717, 1.165) is 12.8 Å². The monoisotopic (exact) mass is 307 g/mol. The van der Waals surface area contributed by atoms with Gasteiger partial charge < -0.3 is 9.47 Å². The van der Waals surface area contributed by atoms with Gasteiger partial charge in [-0.15, -0.1) is 0 Å². The Balaban J connectivity index is 3.00. The van der Waals surface area contributed by atoms with E-state index < -0.39 is 6.04 Å². The van der Waals surface area contributed by atoms with Crippen LogP contribution in [-0.2, 0) is 14.3 Å². The number of anilines is 1. The minimum atomic E-state index is -0.624. The third kappa shape index (κ3) is 4.76. The lowest BCUT2D eigenvalue weighted by Crippen LogP contribution is -2.45. The molecule has 1 unspecified atom stereocenters. The van der Waals surface area contributed by atoms with Gasteiger partial charge in [0.2, 0.25) is 5.91 Å². The first-order valence-electron chi connectivity index (χ1n) is 7.65. The van der Waals surface area contributed by atoms with Crippen LogP contribution in [0.5, 0.6) is 5.75 Å². The van der Waals surface area contributed by atoms with Crippen molar-refractivity contribution in [2.45, 2.75) is 46.1 Å². The molecule has 0 radical (unpaired) electrons. The predicted octanol–water partition coefficient (Wildman–Crippen LogP) is 3.17. The van der Waals surface area contributed by atoms with Crippen molar-refractivity contribution in [1.82, 2.24) is 0 Å². The van der Waals surface area contributed by atoms with Crippen molar-refractivity contribution in [2.75, 3.05) is 18.6 Å². The number of hydrogen-bond donors (Lipinski definition) is 0. The lowest BCUT2D eigenvalue weighted by Gasteiger charge is -2.29. The van der Waals surface area contributed by atoms with Gasteiger partial charge in [-0.25, -0.2) is 4.79 Å². The number of hydrogen-bond acceptors (Lipinski definition) is 4. The Hall–Kier alpha value is -2.04. The molecule has 1 aromatic rings. The van der Waals surface area contributed by atoms with Crippen molar-refractivity contribution >= 4 is 17.6 Å². The number of amides is 1. The van der Waals surface area contributed by atoms with E-state index in [4.69, 9.17) is 9.47 Å². The highest BCUT2D eigenvalue weighted by atomic mass is 16.5. The van der Waals surface area contributed by atoms with Gasteiger partial charge in [0.05, 0.1) is 13.7 Å². The summed E-state index contributed by atoms with van der Waals surface area (Å²) >= 11 is 0. The van der Waals surface area contributed by atoms with Crippen LogP contribution < -0.4 is 9.64 Å². The summed E-state index contributed by atoms with van der Waals surface area (Å²) in [6.07, 6.45) is 2.26. The highest BCUT2D eigenvalue weighted by Gasteiger charge is 2.29. The number of ether oxygens (including phenoxy) is 2. The zero-order valence-electron chi connectivity index (χ0n) is 13.8. The average molecular weight is 307 g/mol. The van der Waals surface area contributed by atoms with E-state index in [-0.39, 0.29) is 11.9 Å². The number of unbranched alkanes of at least 4 members (excludes halogenated alkanes) is 1. The molecule has 0 saturated heterocycles. The number of nitrogens with zero attached hydrogens (tertiary/aromatic N) is 1. The Labute approximate surface area is 132 Å². The van der Waals surface area contributed by atoms with Crippen molar-refractivity contribution in [3.8, 4) is 5.75 Å². The quantitative estimate of drug-likeness (QED) is 0.547. The molecule has 0 fully saturated rings. The van der Waals surface area contributed by atoms with E-state index in [1.54, 1.807) is 31.4 Å². The minimum Gasteiger partial charge on any atom is -0.497 e. The molecule has 1 rings (SSSR count). The van der Waals surface area contributed by atoms with Crippen LogP contribution in [0, 0.1) is 0 Å². The minimum absolute atomic E-state index is 0.201. The zero-order valence-corrected chi connectivity index (χ0v) is 13.8. The molecule has 122 valence electrons. The summed E-state index contributed by atoms with van der Waals surface area (Å²) in [6, 6.07) is 6.48. The largest absolute Gasteiger partial charge is 0.497 e. The van der Waals surface area contributed by atoms with Crippen LogP contribution in [0.2, 0.25) is 0 Å². The van der Waals surface area contributed by atoms with Crippen molar-refractivity contribution in [1.29, 1.82) is 0 Å². The molecule has 0 spiro atoms. The predicted molar refractivity (Wildman–Crippen MR) is 86.1 cm³/mol. The highest BCUT2D eigenvalue weighted by Crippen LogP contribution is 2.24. The molecular weight excluding hydrogens is 282 g/mol. The van der Waals surface area contributed by atoms with Gasteiger partial charge in [0, 0.05) is 18.7 Å². The molecule has 0 aliphatic rings. The third-order valence-electron chi connectivity index (χ3n) is 3.38. The first kappa shape index (κ1) is 18.0. The maximum Gasteiger partial charge on any atom is 0.329 e. The maximum absolute atomic E-state index is 12.3. The Morgan fingerprint density at radius 2 is 2.00 bits per heavy atom. The number of carbonyl (C=O) groups is 2. The lowest BCUT2D eigenvalue weighted by molar-refractivity contribution is -0.146. The van der Waals surface area contributed by atoms with E-state index in [1.807, 2.05) is 13.8 Å². The van der Waals surface area contributed by atoms with Gasteiger partial charge in [0.25, 0.3) is 0 Å². The molecule has 0 aromatic heterocycles. The fraction of sp³-hybridized carbons (Fsp3) is 0.529. The summed E-state index contributed by atoms with van der Waals surface area (Å²) in [4.78, 5) is 25.8. The van der Waals surface area contributed by atoms with Crippen molar-refractivity contribution in [2.24, 2.45) is 0 Å². The van der Waals surface area contributed by atoms with Crippen LogP contribution in [0.4, 0.5) is 5.69 Å². The SMILES string of the molecule is CCCCOC(=O)C(CC)N(C(C)=O)c1cccc(OC)c1. The molecule has 0 heterocycles. The van der Waals surface area contributed by atoms with Crippen LogP contribution in [0.15, 0.2) is 24.3 Å². The average Bonchev–Trinajstić information content (AvgIpc) is 2.52. The zero-order chi connectivity index (χ0) is 16.5. The second kappa shape index (κ2) is 9.07. The van der Waals surface area contributed by atoms with Crippen LogP contribution in [0.1, 0.15) is 40.0 Å². The molecule has 0 aliphatic carbocycles. The molecule has 0 bridgehead atoms. The van der Waals surface area contributed by atoms with Gasteiger partial charge in [0.15, 0.2) is 0 Å². The molecule has 5 heteroatoms. The number of rotatable bonds is 8. The summed E-state index contributed by atoms with van der Waals surface area (Å²) in [5.41, 5.74) is 0.631. The summed E-state index contributed by atoms with van der Waals surface area (Å²) in [7, 11) is 1.56. The van der Waals surface area contributed by atoms with E-state index in [9.17, 15) is 9.59 Å². The Morgan fingerprint density at radius 1 is 1.27 bits per heavy atom. The molecule has 0 N–H and O–H groups in total. The lowest BCUT2D eigenvalue weighted by atomic mass is 10.1. The van der Waals surface area contributed by atoms with Crippen molar-refractivity contribution in [3.63, 3.8) is 0 Å². The second-order valence-electron chi connectivity index (χ2n) is 5.04. The fourth-order valence-corrected chi connectivity index (χ4v) is 2.21. The maximum atomic E-state index is 12.3. The highest BCUT2D eigenvalue weighted by molar-refractivity contribution is 5.98. The molecule has 1 aromatic carbocycles. The van der Waals surface area contributed by atoms with Gasteiger partial charge in [-0.2, -0.15) is 0 Å². The van der Waals surface area contributed by atoms with E-state index >= 15 is 0 Å². The van der Waals surface area contributed by atoms with Crippen LogP contribution in [-0.4, -0.2) is 31.6 Å². The van der Waals surface area contributed by atoms with Crippen LogP contribution in [0.3, 0.4) is 0 Å². The number of benzene rings is 1. The number of carbonyl (C=O) groups excluding carboxylic acids is 2. The summed E-state index contributed by atoms with van der Waals surface area (Å²) in [5, 5.41) is 0. The van der Waals surface area contributed by atoms with Crippen molar-refractivity contribution < 1.29 is 19.1 Å². The van der Waals surface area contributed by atoms with Gasteiger partial charge in [-0.1, -0.05) is 26.3 Å². The van der Waals surface area contributed by atoms with Crippen LogP contribution in [0.25, 0.3) is 0 Å². The second-order valence-corrected chi connectivity index (χ2v) is 5.04. The molecule has 1 atom stereocenters. The number of esters is 1. The molecule has 22 heavy (non-hydrogen) atoms. The van der Waals surface area contributed by atoms with E-state index in [1.165, 1.54) is 11.8 Å². The van der Waals surface area contributed by atoms with Crippen molar-refractivity contribution in [3.05, 3.63) is 24.3 Å². The Kier molecular flexibility index (Phi) is 7.43. The third-order valence-corrected chi connectivity index (χ3v) is 3.38.